The van der Waals surface area contributed by atoms with Crippen molar-refractivity contribution < 1.29 is 41.1 Å². The van der Waals surface area contributed by atoms with E-state index in [-0.39, 0.29) is 33.4 Å². The highest BCUT2D eigenvalue weighted by Crippen LogP contribution is 2.21. The summed E-state index contributed by atoms with van der Waals surface area (Å²) in [5, 5.41) is 13.6. The van der Waals surface area contributed by atoms with Gasteiger partial charge in [0, 0.05) is 11.4 Å². The van der Waals surface area contributed by atoms with Crippen molar-refractivity contribution in [3.8, 4) is 6.01 Å². The number of nitrogens with one attached hydrogen (secondary N) is 4. The number of anilines is 2. The van der Waals surface area contributed by atoms with Gasteiger partial charge in [-0.25, -0.2) is 50.6 Å². The Labute approximate surface area is 279 Å². The van der Waals surface area contributed by atoms with Crippen molar-refractivity contribution >= 4 is 61.6 Å². The SMILES string of the molecule is COc1nc(C)nc(NC(=O)NS(=O)(=O)c2ccccc2Cl)n1.Cc1cc(C)nc(NC(=O)NS(=O)(=O)c2cccc(C)c2C(=O)O)n1. The van der Waals surface area contributed by atoms with Crippen molar-refractivity contribution in [3.05, 3.63) is 81.9 Å². The molecule has 0 fully saturated rings. The van der Waals surface area contributed by atoms with Gasteiger partial charge in [-0.15, -0.1) is 0 Å². The van der Waals surface area contributed by atoms with Gasteiger partial charge in [0.25, 0.3) is 20.0 Å². The Morgan fingerprint density at radius 2 is 1.25 bits per heavy atom. The molecule has 0 aliphatic carbocycles. The van der Waals surface area contributed by atoms with Crippen molar-refractivity contribution in [2.45, 2.75) is 37.5 Å². The van der Waals surface area contributed by atoms with E-state index in [0.717, 1.165) is 6.07 Å². The highest BCUT2D eigenvalue weighted by molar-refractivity contribution is 7.90. The number of sulfonamides is 2. The largest absolute Gasteiger partial charge is 0.478 e. The predicted octanol–water partition coefficient (Wildman–Crippen LogP) is 2.96. The fraction of sp³-hybridized carbons (Fsp3) is 0.185. The zero-order valence-electron chi connectivity index (χ0n) is 25.8. The number of aromatic nitrogens is 5. The van der Waals surface area contributed by atoms with E-state index in [2.05, 4.69) is 35.6 Å². The minimum Gasteiger partial charge on any atom is -0.478 e. The quantitative estimate of drug-likeness (QED) is 0.175. The van der Waals surface area contributed by atoms with E-state index >= 15 is 0 Å². The fourth-order valence-corrected chi connectivity index (χ4v) is 6.40. The Hall–Kier alpha value is -5.47. The molecule has 0 saturated carbocycles. The van der Waals surface area contributed by atoms with Crippen molar-refractivity contribution in [1.82, 2.24) is 34.4 Å². The lowest BCUT2D eigenvalue weighted by atomic mass is 10.1. The van der Waals surface area contributed by atoms with Crippen LogP contribution in [0.3, 0.4) is 0 Å². The third-order valence-corrected chi connectivity index (χ3v) is 8.86. The first-order valence-electron chi connectivity index (χ1n) is 13.3. The van der Waals surface area contributed by atoms with Gasteiger partial charge in [-0.2, -0.15) is 15.0 Å². The maximum Gasteiger partial charge on any atom is 0.337 e. The first kappa shape index (κ1) is 37.0. The zero-order chi connectivity index (χ0) is 35.8. The maximum atomic E-state index is 12.4. The Bertz CT molecular complexity index is 2080. The summed E-state index contributed by atoms with van der Waals surface area (Å²) in [6.07, 6.45) is 0. The molecule has 0 atom stereocenters. The second-order valence-corrected chi connectivity index (χ2v) is 13.2. The number of urea groups is 2. The number of hydrogen-bond acceptors (Lipinski definition) is 13. The number of carboxylic acid groups (broad SMARTS) is 1. The van der Waals surface area contributed by atoms with E-state index in [4.69, 9.17) is 16.3 Å². The van der Waals surface area contributed by atoms with Gasteiger partial charge in [-0.1, -0.05) is 35.9 Å². The number of amides is 4. The van der Waals surface area contributed by atoms with Crippen LogP contribution in [-0.2, 0) is 20.0 Å². The molecule has 5 N–H and O–H groups in total. The van der Waals surface area contributed by atoms with Gasteiger partial charge in [0.2, 0.25) is 11.9 Å². The number of nitrogens with zero attached hydrogens (tertiary/aromatic N) is 5. The molecule has 0 unspecified atom stereocenters. The van der Waals surface area contributed by atoms with Crippen LogP contribution in [0.1, 0.15) is 33.1 Å². The normalized spacial score (nSPS) is 11.0. The minimum atomic E-state index is -4.40. The molecule has 18 nitrogen and oxygen atoms in total. The van der Waals surface area contributed by atoms with Crippen LogP contribution < -0.4 is 24.8 Å². The second kappa shape index (κ2) is 15.4. The van der Waals surface area contributed by atoms with E-state index in [1.165, 1.54) is 44.4 Å². The zero-order valence-corrected chi connectivity index (χ0v) is 28.2. The molecule has 0 saturated heterocycles. The molecule has 4 aromatic rings. The van der Waals surface area contributed by atoms with Gasteiger partial charge in [-0.05, 0) is 57.5 Å². The van der Waals surface area contributed by atoms with E-state index in [1.54, 1.807) is 37.6 Å². The third kappa shape index (κ3) is 10.0. The van der Waals surface area contributed by atoms with E-state index < -0.39 is 48.5 Å². The maximum absolute atomic E-state index is 12.4. The monoisotopic (exact) mass is 721 g/mol. The topological polar surface area (TPSA) is 262 Å². The summed E-state index contributed by atoms with van der Waals surface area (Å²) in [5.74, 6) is -1.33. The van der Waals surface area contributed by atoms with Gasteiger partial charge in [0.1, 0.15) is 15.6 Å². The number of aromatic carboxylic acids is 1. The van der Waals surface area contributed by atoms with Crippen LogP contribution in [0.25, 0.3) is 0 Å². The molecule has 48 heavy (non-hydrogen) atoms. The molecule has 21 heteroatoms. The number of carbonyl (C=O) groups excluding carboxylic acids is 2. The summed E-state index contributed by atoms with van der Waals surface area (Å²) in [4.78, 5) is 53.8. The number of carboxylic acids is 1. The van der Waals surface area contributed by atoms with Crippen molar-refractivity contribution in [1.29, 1.82) is 0 Å². The highest BCUT2D eigenvalue weighted by atomic mass is 35.5. The number of aryl methyl sites for hydroxylation is 4. The molecular formula is C27H28ClN9O9S2. The Kier molecular flexibility index (Phi) is 11.9. The summed E-state index contributed by atoms with van der Waals surface area (Å²) in [7, 11) is -7.18. The average molecular weight is 722 g/mol. The first-order valence-corrected chi connectivity index (χ1v) is 16.6. The van der Waals surface area contributed by atoms with E-state index in [0.29, 0.717) is 17.2 Å². The number of carbonyl (C=O) groups is 3. The van der Waals surface area contributed by atoms with Crippen LogP contribution in [0, 0.1) is 27.7 Å². The summed E-state index contributed by atoms with van der Waals surface area (Å²) in [5.41, 5.74) is 1.05. The molecule has 0 aliphatic rings. The number of rotatable bonds is 8. The Morgan fingerprint density at radius 1 is 0.729 bits per heavy atom. The molecule has 2 heterocycles. The van der Waals surface area contributed by atoms with Crippen LogP contribution in [0.4, 0.5) is 21.5 Å². The van der Waals surface area contributed by atoms with E-state index in [1.807, 2.05) is 4.72 Å². The van der Waals surface area contributed by atoms with E-state index in [9.17, 15) is 36.3 Å². The lowest BCUT2D eigenvalue weighted by Crippen LogP contribution is -2.35. The molecule has 0 radical (unpaired) electrons. The molecule has 0 spiro atoms. The smallest absolute Gasteiger partial charge is 0.337 e. The van der Waals surface area contributed by atoms with Crippen LogP contribution in [0.2, 0.25) is 5.02 Å². The summed E-state index contributed by atoms with van der Waals surface area (Å²) >= 11 is 5.81. The standard InChI is InChI=1S/C15H16N4O5S.C12H12ClN5O4S/c1-8-5-4-6-11(12(8)13(20)21)25(23,24)19-15(22)18-14-16-9(2)7-10(3)17-14;1-7-14-10(17-12(15-7)22-2)16-11(19)18-23(20,21)9-6-4-3-5-8(9)13/h4-7H,1-3H3,(H,20,21)(H2,16,17,18,19,22);3-6H,1-2H3,(H2,14,15,16,17,18,19). The minimum absolute atomic E-state index is 0.00882. The van der Waals surface area contributed by atoms with Gasteiger partial charge < -0.3 is 9.84 Å². The number of methoxy groups -OCH3 is 1. The Balaban J connectivity index is 0.000000261. The highest BCUT2D eigenvalue weighted by Gasteiger charge is 2.26. The summed E-state index contributed by atoms with van der Waals surface area (Å²) < 4.78 is 57.4. The van der Waals surface area contributed by atoms with Crippen LogP contribution in [0.5, 0.6) is 6.01 Å². The average Bonchev–Trinajstić information content (AvgIpc) is 2.95. The number of halogens is 1. The van der Waals surface area contributed by atoms with Crippen LogP contribution in [-0.4, -0.2) is 72.0 Å². The van der Waals surface area contributed by atoms with Gasteiger partial charge in [-0.3, -0.25) is 10.6 Å². The third-order valence-electron chi connectivity index (χ3n) is 5.66. The molecule has 4 rings (SSSR count). The molecule has 0 bridgehead atoms. The van der Waals surface area contributed by atoms with Crippen LogP contribution >= 0.6 is 11.6 Å². The molecule has 4 amide bonds. The number of ether oxygens (including phenoxy) is 1. The van der Waals surface area contributed by atoms with Crippen molar-refractivity contribution in [2.24, 2.45) is 0 Å². The lowest BCUT2D eigenvalue weighted by Gasteiger charge is -2.11. The van der Waals surface area contributed by atoms with Gasteiger partial charge in [0.05, 0.1) is 17.7 Å². The first-order chi connectivity index (χ1) is 22.4. The fourth-order valence-electron chi connectivity index (χ4n) is 3.80. The number of benzene rings is 2. The predicted molar refractivity (Wildman–Crippen MR) is 171 cm³/mol. The Morgan fingerprint density at radius 3 is 1.79 bits per heavy atom. The van der Waals surface area contributed by atoms with Crippen LogP contribution in [0.15, 0.2) is 58.3 Å². The summed E-state index contributed by atoms with van der Waals surface area (Å²) in [6.45, 7) is 6.42. The molecule has 2 aromatic carbocycles. The lowest BCUT2D eigenvalue weighted by molar-refractivity contribution is 0.0691. The molecule has 254 valence electrons. The number of hydrogen-bond donors (Lipinski definition) is 5. The second-order valence-electron chi connectivity index (χ2n) is 9.47. The molecule has 0 aliphatic heterocycles. The summed E-state index contributed by atoms with van der Waals surface area (Å²) in [6, 6.07) is 9.22. The molecule has 2 aromatic heterocycles. The van der Waals surface area contributed by atoms with Gasteiger partial charge in [0.15, 0.2) is 0 Å². The van der Waals surface area contributed by atoms with Gasteiger partial charge >= 0.3 is 24.0 Å². The van der Waals surface area contributed by atoms with Crippen molar-refractivity contribution in [2.75, 3.05) is 17.7 Å². The molecular weight excluding hydrogens is 694 g/mol. The van der Waals surface area contributed by atoms with Crippen molar-refractivity contribution in [3.63, 3.8) is 0 Å².